The first-order valence-corrected chi connectivity index (χ1v) is 22.6. The van der Waals surface area contributed by atoms with Crippen LogP contribution in [0.3, 0.4) is 0 Å². The highest BCUT2D eigenvalue weighted by Gasteiger charge is 2.42. The van der Waals surface area contributed by atoms with Gasteiger partial charge in [0.15, 0.2) is 12.1 Å². The summed E-state index contributed by atoms with van der Waals surface area (Å²) in [5.41, 5.74) is 11.9. The highest BCUT2D eigenvalue weighted by atomic mass is 16.6. The molecule has 1 aliphatic carbocycles. The van der Waals surface area contributed by atoms with Gasteiger partial charge in [-0.05, 0) is 82.0 Å². The molecule has 0 bridgehead atoms. The Labute approximate surface area is 388 Å². The van der Waals surface area contributed by atoms with Crippen LogP contribution < -0.4 is 43.4 Å². The predicted octanol–water partition coefficient (Wildman–Crippen LogP) is -1.55. The minimum atomic E-state index is -1.45. The quantitative estimate of drug-likeness (QED) is 0.0232. The number of hydrogen-bond acceptors (Lipinski definition) is 13. The first-order chi connectivity index (χ1) is 31.9. The lowest BCUT2D eigenvalue weighted by Gasteiger charge is -2.31. The molecule has 23 heteroatoms. The van der Waals surface area contributed by atoms with Crippen LogP contribution in [-0.2, 0) is 55.9 Å². The highest BCUT2D eigenvalue weighted by Crippen LogP contribution is 2.29. The largest absolute Gasteiger partial charge is 0.508 e. The summed E-state index contributed by atoms with van der Waals surface area (Å²) in [6.07, 6.45) is 5.00. The van der Waals surface area contributed by atoms with Crippen molar-refractivity contribution in [3.63, 3.8) is 0 Å². The molecule has 368 valence electrons. The number of aliphatic carboxylic acids is 1. The second kappa shape index (κ2) is 25.8. The lowest BCUT2D eigenvalue weighted by Crippen LogP contribution is -2.61. The number of rotatable bonds is 25. The fraction of sp³-hybridized carbons (Fsp3) is 0.591. The van der Waals surface area contributed by atoms with Gasteiger partial charge in [-0.3, -0.25) is 33.8 Å². The third kappa shape index (κ3) is 16.3. The number of imidazole rings is 1. The summed E-state index contributed by atoms with van der Waals surface area (Å²) >= 11 is 0. The number of nitrogens with two attached hydrogens (primary N) is 2. The van der Waals surface area contributed by atoms with E-state index in [1.165, 1.54) is 36.5 Å². The number of nitrogens with one attached hydrogen (secondary N) is 7. The van der Waals surface area contributed by atoms with E-state index in [0.29, 0.717) is 36.9 Å². The molecule has 2 fully saturated rings. The van der Waals surface area contributed by atoms with Crippen molar-refractivity contribution in [1.82, 2.24) is 46.8 Å². The van der Waals surface area contributed by atoms with Gasteiger partial charge in [0.2, 0.25) is 35.4 Å². The highest BCUT2D eigenvalue weighted by molar-refractivity contribution is 5.97. The number of aromatic hydroxyl groups is 1. The maximum absolute atomic E-state index is 14.6. The molecule has 23 nitrogen and oxygen atoms in total. The Morgan fingerprint density at radius 2 is 1.52 bits per heavy atom. The first kappa shape index (κ1) is 52.8. The van der Waals surface area contributed by atoms with E-state index in [-0.39, 0.29) is 62.9 Å². The number of carboxylic acid groups (broad SMARTS) is 1. The number of phenols is 1. The molecule has 4 rings (SSSR count). The first-order valence-electron chi connectivity index (χ1n) is 22.6. The molecule has 13 N–H and O–H groups in total. The fourth-order valence-corrected chi connectivity index (χ4v) is 8.10. The number of H-pyrrole nitrogens is 1. The van der Waals surface area contributed by atoms with Gasteiger partial charge in [0.05, 0.1) is 12.9 Å². The summed E-state index contributed by atoms with van der Waals surface area (Å²) in [4.78, 5) is 121. The summed E-state index contributed by atoms with van der Waals surface area (Å²) in [6, 6.07) is -1.17. The number of carboxylic acids is 1. The lowest BCUT2D eigenvalue weighted by atomic mass is 9.95. The number of phenolic OH excluding ortho intramolecular Hbond substituents is 1. The van der Waals surface area contributed by atoms with E-state index in [4.69, 9.17) is 16.2 Å². The van der Waals surface area contributed by atoms with Crippen LogP contribution >= 0.6 is 0 Å². The zero-order chi connectivity index (χ0) is 49.2. The van der Waals surface area contributed by atoms with Gasteiger partial charge in [0.25, 0.3) is 0 Å². The van der Waals surface area contributed by atoms with E-state index in [1.807, 2.05) is 0 Å². The number of likely N-dealkylation sites (tertiary alicyclic amines) is 1. The van der Waals surface area contributed by atoms with Gasteiger partial charge in [0, 0.05) is 37.8 Å². The Hall–Kier alpha value is -6.78. The van der Waals surface area contributed by atoms with Crippen LogP contribution in [0.1, 0.15) is 83.4 Å². The standard InChI is InChI=1S/C44H66N12O11/c1-24(2)35(54-37(59)30(51-34(58)22-47-4)11-7-17-49-44(45)46)39(61)52-31(19-26-13-15-29(57)16-14-26)38(60)55-36(27-9-5-6-10-27)40(62)53-32(20-28-21-48-23-50-28)41(63)56-18-8-12-33(56)43(66)67-25(3)42(64)65/h13-16,21,23-25,27,30-33,35-36,47,57H,5-12,17-20,22H2,1-4H3,(H,48,50)(H,51,58)(H,52,61)(H,53,62)(H,54,59)(H,55,60)(H,64,65)(H4,45,46,49)/t25-,30-,31-,32-,33-,35-,36-/m0/s1. The van der Waals surface area contributed by atoms with Gasteiger partial charge in [-0.2, -0.15) is 0 Å². The van der Waals surface area contributed by atoms with Crippen LogP contribution in [0.15, 0.2) is 41.8 Å². The molecule has 1 saturated carbocycles. The lowest BCUT2D eigenvalue weighted by molar-refractivity contribution is -0.167. The van der Waals surface area contributed by atoms with Crippen molar-refractivity contribution >= 4 is 53.3 Å². The number of esters is 1. The molecule has 1 aromatic heterocycles. The molecule has 2 aliphatic rings. The maximum atomic E-state index is 14.6. The van der Waals surface area contributed by atoms with Crippen LogP contribution in [0, 0.1) is 11.8 Å². The van der Waals surface area contributed by atoms with Gasteiger partial charge in [-0.15, -0.1) is 0 Å². The second-order valence-electron chi connectivity index (χ2n) is 17.2. The van der Waals surface area contributed by atoms with Crippen molar-refractivity contribution in [2.75, 3.05) is 26.7 Å². The van der Waals surface area contributed by atoms with Crippen molar-refractivity contribution < 1.29 is 53.3 Å². The Balaban J connectivity index is 1.60. The van der Waals surface area contributed by atoms with Crippen molar-refractivity contribution in [3.05, 3.63) is 48.0 Å². The van der Waals surface area contributed by atoms with E-state index in [2.05, 4.69) is 46.9 Å². The molecule has 7 atom stereocenters. The Morgan fingerprint density at radius 1 is 0.851 bits per heavy atom. The van der Waals surface area contributed by atoms with Crippen molar-refractivity contribution in [2.24, 2.45) is 28.3 Å². The minimum Gasteiger partial charge on any atom is -0.508 e. The number of benzene rings is 1. The molecule has 0 spiro atoms. The molecule has 67 heavy (non-hydrogen) atoms. The van der Waals surface area contributed by atoms with Gasteiger partial charge >= 0.3 is 11.9 Å². The molecular formula is C44H66N12O11. The smallest absolute Gasteiger partial charge is 0.344 e. The number of carbonyl (C=O) groups is 8. The fourth-order valence-electron chi connectivity index (χ4n) is 8.10. The summed E-state index contributed by atoms with van der Waals surface area (Å²) in [7, 11) is 1.57. The molecule has 1 aromatic carbocycles. The maximum Gasteiger partial charge on any atom is 0.344 e. The number of carbonyl (C=O) groups excluding carboxylic acids is 7. The van der Waals surface area contributed by atoms with Crippen LogP contribution in [-0.4, -0.2) is 147 Å². The molecule has 2 heterocycles. The van der Waals surface area contributed by atoms with Crippen molar-refractivity contribution in [1.29, 1.82) is 0 Å². The monoisotopic (exact) mass is 938 g/mol. The van der Waals surface area contributed by atoms with E-state index >= 15 is 0 Å². The molecule has 1 aliphatic heterocycles. The number of hydrogen-bond donors (Lipinski definition) is 11. The zero-order valence-corrected chi connectivity index (χ0v) is 38.4. The van der Waals surface area contributed by atoms with Crippen LogP contribution in [0.4, 0.5) is 0 Å². The summed E-state index contributed by atoms with van der Waals surface area (Å²) in [5, 5.41) is 35.9. The van der Waals surface area contributed by atoms with E-state index < -0.39 is 95.7 Å². The molecule has 2 aromatic rings. The number of amides is 6. The number of ether oxygens (including phenoxy) is 1. The number of likely N-dealkylation sites (N-methyl/N-ethyl adjacent to an activating group) is 1. The van der Waals surface area contributed by atoms with Crippen LogP contribution in [0.5, 0.6) is 5.75 Å². The van der Waals surface area contributed by atoms with E-state index in [0.717, 1.165) is 12.8 Å². The average Bonchev–Trinajstić information content (AvgIpc) is 4.10. The Morgan fingerprint density at radius 3 is 2.13 bits per heavy atom. The Kier molecular flexibility index (Phi) is 20.3. The van der Waals surface area contributed by atoms with Crippen molar-refractivity contribution in [2.45, 2.75) is 127 Å². The van der Waals surface area contributed by atoms with Gasteiger partial charge in [-0.1, -0.05) is 38.8 Å². The normalized spacial score (nSPS) is 17.5. The molecule has 0 radical (unpaired) electrons. The predicted molar refractivity (Wildman–Crippen MR) is 242 cm³/mol. The number of aromatic amines is 1. The number of aromatic nitrogens is 2. The number of nitrogens with zero attached hydrogens (tertiary/aromatic N) is 3. The van der Waals surface area contributed by atoms with Crippen molar-refractivity contribution in [3.8, 4) is 5.75 Å². The van der Waals surface area contributed by atoms with Gasteiger partial charge < -0.3 is 68.2 Å². The molecule has 6 amide bonds. The zero-order valence-electron chi connectivity index (χ0n) is 38.4. The summed E-state index contributed by atoms with van der Waals surface area (Å²) in [6.45, 7) is 4.83. The second-order valence-corrected chi connectivity index (χ2v) is 17.2. The van der Waals surface area contributed by atoms with E-state index in [9.17, 15) is 48.6 Å². The minimum absolute atomic E-state index is 0.0322. The molecular weight excluding hydrogens is 873 g/mol. The van der Waals surface area contributed by atoms with Gasteiger partial charge in [-0.25, -0.2) is 14.6 Å². The summed E-state index contributed by atoms with van der Waals surface area (Å²) in [5.74, 6) is -7.21. The SMILES string of the molecule is CNCC(=O)N[C@@H](CCCN=C(N)N)C(=O)N[C@H](C(=O)N[C@@H](Cc1ccc(O)cc1)C(=O)N[C@H](C(=O)N[C@@H](Cc1cnc[nH]1)C(=O)N1CCC[C@H]1C(=O)O[C@@H](C)C(=O)O)C1CCCC1)C(C)C. The number of aliphatic imine (C=N–C) groups is 1. The van der Waals surface area contributed by atoms with Crippen LogP contribution in [0.25, 0.3) is 0 Å². The molecule has 0 unspecified atom stereocenters. The average molecular weight is 939 g/mol. The topological polar surface area (TPSA) is 355 Å². The Bertz CT molecular complexity index is 2040. The molecule has 1 saturated heterocycles. The third-order valence-corrected chi connectivity index (χ3v) is 11.7. The van der Waals surface area contributed by atoms with E-state index in [1.54, 1.807) is 33.0 Å². The van der Waals surface area contributed by atoms with Crippen LogP contribution in [0.2, 0.25) is 0 Å². The third-order valence-electron chi connectivity index (χ3n) is 11.7. The van der Waals surface area contributed by atoms with Gasteiger partial charge in [0.1, 0.15) is 42.0 Å². The number of guanidine groups is 1. The summed E-state index contributed by atoms with van der Waals surface area (Å²) < 4.78 is 5.12.